The number of esters is 1. The number of rotatable bonds is 9. The van der Waals surface area contributed by atoms with Crippen LogP contribution in [0.1, 0.15) is 49.2 Å². The van der Waals surface area contributed by atoms with Gasteiger partial charge in [-0.05, 0) is 56.2 Å². The van der Waals surface area contributed by atoms with Gasteiger partial charge in [0.15, 0.2) is 5.65 Å². The second-order valence-corrected chi connectivity index (χ2v) is 11.0. The van der Waals surface area contributed by atoms with Crippen LogP contribution in [-0.4, -0.2) is 53.3 Å². The van der Waals surface area contributed by atoms with Crippen LogP contribution in [0.3, 0.4) is 0 Å². The standard InChI is InChI=1S/C30H34N4O4S/c1-4-38-17-16-33(29(35)23-8-6-20(2)7-9-23)25-19-26(39-28(25)30(36)37-3)22-12-10-21(11-13-22)24-18-27-31-14-5-15-34(27)32-24/h5,10-15,18-20,23H,4,6-9,16-17H2,1-3H3. The van der Waals surface area contributed by atoms with Gasteiger partial charge in [-0.1, -0.05) is 31.2 Å². The summed E-state index contributed by atoms with van der Waals surface area (Å²) in [7, 11) is 1.37. The maximum Gasteiger partial charge on any atom is 0.350 e. The van der Waals surface area contributed by atoms with Gasteiger partial charge in [-0.15, -0.1) is 11.3 Å². The average molecular weight is 547 g/mol. The van der Waals surface area contributed by atoms with Crippen LogP contribution in [0.2, 0.25) is 0 Å². The van der Waals surface area contributed by atoms with Crippen molar-refractivity contribution in [2.45, 2.75) is 39.5 Å². The van der Waals surface area contributed by atoms with Crippen LogP contribution in [-0.2, 0) is 14.3 Å². The highest BCUT2D eigenvalue weighted by Gasteiger charge is 2.32. The monoisotopic (exact) mass is 546 g/mol. The van der Waals surface area contributed by atoms with Gasteiger partial charge >= 0.3 is 5.97 Å². The van der Waals surface area contributed by atoms with E-state index in [1.54, 1.807) is 15.6 Å². The molecular weight excluding hydrogens is 512 g/mol. The summed E-state index contributed by atoms with van der Waals surface area (Å²) in [6, 6.07) is 13.8. The van der Waals surface area contributed by atoms with Crippen molar-refractivity contribution in [2.24, 2.45) is 11.8 Å². The van der Waals surface area contributed by atoms with Crippen molar-refractivity contribution in [2.75, 3.05) is 31.8 Å². The van der Waals surface area contributed by atoms with E-state index < -0.39 is 5.97 Å². The van der Waals surface area contributed by atoms with Crippen molar-refractivity contribution in [3.63, 3.8) is 0 Å². The number of methoxy groups -OCH3 is 1. The van der Waals surface area contributed by atoms with E-state index in [-0.39, 0.29) is 11.8 Å². The van der Waals surface area contributed by atoms with Gasteiger partial charge in [0.05, 0.1) is 25.1 Å². The van der Waals surface area contributed by atoms with E-state index in [1.165, 1.54) is 18.4 Å². The molecule has 1 saturated carbocycles. The molecule has 1 aliphatic rings. The van der Waals surface area contributed by atoms with Crippen LogP contribution in [0.25, 0.3) is 27.3 Å². The quantitative estimate of drug-likeness (QED) is 0.186. The fraction of sp³-hybridized carbons (Fsp3) is 0.400. The summed E-state index contributed by atoms with van der Waals surface area (Å²) in [6.07, 6.45) is 7.44. The van der Waals surface area contributed by atoms with E-state index in [2.05, 4.69) is 17.0 Å². The van der Waals surface area contributed by atoms with Gasteiger partial charge in [0.1, 0.15) is 4.88 Å². The first kappa shape index (κ1) is 27.0. The molecule has 4 aromatic rings. The normalized spacial score (nSPS) is 17.3. The Balaban J connectivity index is 1.46. The third-order valence-corrected chi connectivity index (χ3v) is 8.52. The molecule has 1 aromatic carbocycles. The largest absolute Gasteiger partial charge is 0.465 e. The number of hydrogen-bond donors (Lipinski definition) is 0. The van der Waals surface area contributed by atoms with Crippen LogP contribution >= 0.6 is 11.3 Å². The maximum absolute atomic E-state index is 13.8. The lowest BCUT2D eigenvalue weighted by Gasteiger charge is -2.31. The Kier molecular flexibility index (Phi) is 8.38. The zero-order valence-corrected chi connectivity index (χ0v) is 23.4. The molecule has 3 heterocycles. The van der Waals surface area contributed by atoms with Gasteiger partial charge in [0, 0.05) is 48.0 Å². The van der Waals surface area contributed by atoms with Gasteiger partial charge in [-0.3, -0.25) is 4.79 Å². The molecule has 0 spiro atoms. The number of carbonyl (C=O) groups is 2. The Morgan fingerprint density at radius 2 is 1.85 bits per heavy atom. The summed E-state index contributed by atoms with van der Waals surface area (Å²) in [4.78, 5) is 34.1. The van der Waals surface area contributed by atoms with E-state index >= 15 is 0 Å². The van der Waals surface area contributed by atoms with Gasteiger partial charge < -0.3 is 14.4 Å². The number of nitrogens with zero attached hydrogens (tertiary/aromatic N) is 4. The lowest BCUT2D eigenvalue weighted by molar-refractivity contribution is -0.123. The number of aromatic nitrogens is 3. The second kappa shape index (κ2) is 12.1. The van der Waals surface area contributed by atoms with Gasteiger partial charge in [0.25, 0.3) is 0 Å². The molecule has 1 aliphatic carbocycles. The molecule has 1 fully saturated rings. The van der Waals surface area contributed by atoms with Crippen molar-refractivity contribution in [1.29, 1.82) is 0 Å². The van der Waals surface area contributed by atoms with Crippen molar-refractivity contribution in [1.82, 2.24) is 14.6 Å². The highest BCUT2D eigenvalue weighted by atomic mass is 32.1. The second-order valence-electron chi connectivity index (χ2n) is 9.99. The van der Waals surface area contributed by atoms with Gasteiger partial charge in [-0.2, -0.15) is 5.10 Å². The van der Waals surface area contributed by atoms with Crippen molar-refractivity contribution >= 4 is 34.5 Å². The molecule has 0 saturated heterocycles. The Hall–Kier alpha value is -3.56. The number of thiophene rings is 1. The Labute approximate surface area is 232 Å². The highest BCUT2D eigenvalue weighted by molar-refractivity contribution is 7.18. The van der Waals surface area contributed by atoms with Crippen LogP contribution < -0.4 is 4.90 Å². The summed E-state index contributed by atoms with van der Waals surface area (Å²) in [6.45, 7) is 5.53. The minimum Gasteiger partial charge on any atom is -0.465 e. The van der Waals surface area contributed by atoms with Crippen LogP contribution in [0.15, 0.2) is 54.9 Å². The third kappa shape index (κ3) is 5.89. The predicted molar refractivity (Wildman–Crippen MR) is 153 cm³/mol. The number of hydrogen-bond acceptors (Lipinski definition) is 7. The van der Waals surface area contributed by atoms with Gasteiger partial charge in [0.2, 0.25) is 5.91 Å². The maximum atomic E-state index is 13.8. The Morgan fingerprint density at radius 3 is 2.54 bits per heavy atom. The molecule has 0 N–H and O–H groups in total. The number of amides is 1. The summed E-state index contributed by atoms with van der Waals surface area (Å²) < 4.78 is 12.5. The van der Waals surface area contributed by atoms with Crippen LogP contribution in [0.5, 0.6) is 0 Å². The number of anilines is 1. The molecule has 0 bridgehead atoms. The molecule has 204 valence electrons. The number of fused-ring (bicyclic) bond motifs is 1. The lowest BCUT2D eigenvalue weighted by atomic mass is 9.82. The SMILES string of the molecule is CCOCCN(C(=O)C1CCC(C)CC1)c1cc(-c2ccc(-c3cc4ncccn4n3)cc2)sc1C(=O)OC. The number of ether oxygens (including phenoxy) is 2. The lowest BCUT2D eigenvalue weighted by Crippen LogP contribution is -2.40. The molecule has 9 heteroatoms. The predicted octanol–water partition coefficient (Wildman–Crippen LogP) is 6.11. The average Bonchev–Trinajstić information content (AvgIpc) is 3.60. The third-order valence-electron chi connectivity index (χ3n) is 7.37. The first-order valence-electron chi connectivity index (χ1n) is 13.5. The fourth-order valence-electron chi connectivity index (χ4n) is 5.12. The smallest absolute Gasteiger partial charge is 0.350 e. The van der Waals surface area contributed by atoms with Crippen molar-refractivity contribution in [3.05, 3.63) is 59.7 Å². The fourth-order valence-corrected chi connectivity index (χ4v) is 6.20. The first-order valence-corrected chi connectivity index (χ1v) is 14.3. The topological polar surface area (TPSA) is 86.0 Å². The van der Waals surface area contributed by atoms with Crippen molar-refractivity contribution < 1.29 is 19.1 Å². The molecule has 8 nitrogen and oxygen atoms in total. The molecule has 0 aliphatic heterocycles. The number of benzene rings is 1. The summed E-state index contributed by atoms with van der Waals surface area (Å²) in [5, 5.41) is 4.60. The molecule has 5 rings (SSSR count). The van der Waals surface area contributed by atoms with E-state index in [4.69, 9.17) is 9.47 Å². The van der Waals surface area contributed by atoms with Gasteiger partial charge in [-0.25, -0.2) is 14.3 Å². The molecular formula is C30H34N4O4S. The molecule has 0 radical (unpaired) electrons. The first-order chi connectivity index (χ1) is 19.0. The van der Waals surface area contributed by atoms with Crippen molar-refractivity contribution in [3.8, 4) is 21.7 Å². The van der Waals surface area contributed by atoms with Crippen LogP contribution in [0, 0.1) is 11.8 Å². The molecule has 0 atom stereocenters. The highest BCUT2D eigenvalue weighted by Crippen LogP contribution is 2.40. The Morgan fingerprint density at radius 1 is 1.10 bits per heavy atom. The summed E-state index contributed by atoms with van der Waals surface area (Å²) >= 11 is 1.34. The molecule has 39 heavy (non-hydrogen) atoms. The number of carbonyl (C=O) groups excluding carboxylic acids is 2. The van der Waals surface area contributed by atoms with E-state index in [0.717, 1.165) is 53.0 Å². The molecule has 3 aromatic heterocycles. The Bertz CT molecular complexity index is 1400. The van der Waals surface area contributed by atoms with E-state index in [9.17, 15) is 9.59 Å². The zero-order valence-electron chi connectivity index (χ0n) is 22.6. The van der Waals surface area contributed by atoms with E-state index in [1.807, 2.05) is 55.6 Å². The molecule has 0 unspecified atom stereocenters. The molecule has 1 amide bonds. The van der Waals surface area contributed by atoms with E-state index in [0.29, 0.717) is 36.2 Å². The minimum absolute atomic E-state index is 0.0455. The summed E-state index contributed by atoms with van der Waals surface area (Å²) in [5.74, 6) is 0.216. The minimum atomic E-state index is -0.443. The summed E-state index contributed by atoms with van der Waals surface area (Å²) in [5.41, 5.74) is 4.13. The van der Waals surface area contributed by atoms with Crippen LogP contribution in [0.4, 0.5) is 5.69 Å². The zero-order chi connectivity index (χ0) is 27.4.